The Bertz CT molecular complexity index is 392. The number of nitrogens with one attached hydrogen (secondary N) is 1. The minimum atomic E-state index is -0.123. The molecule has 0 amide bonds. The lowest BCUT2D eigenvalue weighted by atomic mass is 10.0. The SMILES string of the molecule is CCN1c2ccc(F)cc2CC1CC(C)NC. The molecule has 1 N–H and O–H groups in total. The Labute approximate surface area is 103 Å². The lowest BCUT2D eigenvalue weighted by molar-refractivity contribution is 0.481. The minimum Gasteiger partial charge on any atom is -0.368 e. The zero-order valence-electron chi connectivity index (χ0n) is 10.8. The minimum absolute atomic E-state index is 0.123. The first kappa shape index (κ1) is 12.4. The Balaban J connectivity index is 2.19. The highest BCUT2D eigenvalue weighted by atomic mass is 19.1. The van der Waals surface area contributed by atoms with Crippen LogP contribution in [0.3, 0.4) is 0 Å². The summed E-state index contributed by atoms with van der Waals surface area (Å²) in [6.45, 7) is 5.34. The highest BCUT2D eigenvalue weighted by molar-refractivity contribution is 5.59. The van der Waals surface area contributed by atoms with E-state index in [2.05, 4.69) is 24.1 Å². The van der Waals surface area contributed by atoms with Gasteiger partial charge in [0, 0.05) is 24.3 Å². The Morgan fingerprint density at radius 3 is 2.94 bits per heavy atom. The van der Waals surface area contributed by atoms with Crippen LogP contribution in [-0.2, 0) is 6.42 Å². The second-order valence-corrected chi connectivity index (χ2v) is 4.84. The van der Waals surface area contributed by atoms with Crippen LogP contribution in [0.25, 0.3) is 0 Å². The molecule has 94 valence electrons. The van der Waals surface area contributed by atoms with E-state index in [0.29, 0.717) is 12.1 Å². The van der Waals surface area contributed by atoms with E-state index in [1.54, 1.807) is 12.1 Å². The number of nitrogens with zero attached hydrogens (tertiary/aromatic N) is 1. The maximum atomic E-state index is 13.2. The van der Waals surface area contributed by atoms with Crippen molar-refractivity contribution in [1.82, 2.24) is 5.32 Å². The van der Waals surface area contributed by atoms with Gasteiger partial charge in [0.15, 0.2) is 0 Å². The molecule has 17 heavy (non-hydrogen) atoms. The van der Waals surface area contributed by atoms with Crippen LogP contribution < -0.4 is 10.2 Å². The number of likely N-dealkylation sites (N-methyl/N-ethyl adjacent to an activating group) is 1. The van der Waals surface area contributed by atoms with Gasteiger partial charge in [-0.25, -0.2) is 4.39 Å². The van der Waals surface area contributed by atoms with E-state index in [4.69, 9.17) is 0 Å². The second-order valence-electron chi connectivity index (χ2n) is 4.84. The van der Waals surface area contributed by atoms with E-state index in [1.165, 1.54) is 5.69 Å². The van der Waals surface area contributed by atoms with Crippen LogP contribution in [0.2, 0.25) is 0 Å². The molecule has 2 nitrogen and oxygen atoms in total. The fourth-order valence-corrected chi connectivity index (χ4v) is 2.72. The average molecular weight is 236 g/mol. The lowest BCUT2D eigenvalue weighted by Gasteiger charge is -2.28. The normalized spacial score (nSPS) is 20.5. The van der Waals surface area contributed by atoms with Crippen LogP contribution in [0.15, 0.2) is 18.2 Å². The molecular weight excluding hydrogens is 215 g/mol. The van der Waals surface area contributed by atoms with E-state index in [1.807, 2.05) is 13.1 Å². The zero-order chi connectivity index (χ0) is 12.4. The topological polar surface area (TPSA) is 15.3 Å². The fraction of sp³-hybridized carbons (Fsp3) is 0.571. The number of hydrogen-bond acceptors (Lipinski definition) is 2. The van der Waals surface area contributed by atoms with Crippen molar-refractivity contribution in [3.05, 3.63) is 29.6 Å². The van der Waals surface area contributed by atoms with Crippen molar-refractivity contribution < 1.29 is 4.39 Å². The van der Waals surface area contributed by atoms with Gasteiger partial charge >= 0.3 is 0 Å². The summed E-state index contributed by atoms with van der Waals surface area (Å²) in [4.78, 5) is 2.39. The number of benzene rings is 1. The summed E-state index contributed by atoms with van der Waals surface area (Å²) >= 11 is 0. The Kier molecular flexibility index (Phi) is 3.67. The van der Waals surface area contributed by atoms with E-state index in [9.17, 15) is 4.39 Å². The van der Waals surface area contributed by atoms with Crippen LogP contribution in [0.1, 0.15) is 25.8 Å². The molecule has 1 aliphatic heterocycles. The molecule has 0 spiro atoms. The molecule has 0 radical (unpaired) electrons. The molecule has 1 aromatic carbocycles. The Hall–Kier alpha value is -1.09. The van der Waals surface area contributed by atoms with Gasteiger partial charge in [0.1, 0.15) is 5.82 Å². The molecule has 0 aliphatic carbocycles. The second kappa shape index (κ2) is 5.05. The van der Waals surface area contributed by atoms with Gasteiger partial charge in [-0.05, 0) is 57.5 Å². The zero-order valence-corrected chi connectivity index (χ0v) is 10.8. The molecule has 3 heteroatoms. The van der Waals surface area contributed by atoms with Crippen molar-refractivity contribution in [2.45, 2.75) is 38.8 Å². The largest absolute Gasteiger partial charge is 0.368 e. The lowest BCUT2D eigenvalue weighted by Crippen LogP contribution is -2.37. The Morgan fingerprint density at radius 1 is 1.53 bits per heavy atom. The van der Waals surface area contributed by atoms with Gasteiger partial charge < -0.3 is 10.2 Å². The highest BCUT2D eigenvalue weighted by Gasteiger charge is 2.29. The number of halogens is 1. The van der Waals surface area contributed by atoms with E-state index in [0.717, 1.165) is 24.9 Å². The predicted molar refractivity (Wildman–Crippen MR) is 70.1 cm³/mol. The van der Waals surface area contributed by atoms with E-state index < -0.39 is 0 Å². The summed E-state index contributed by atoms with van der Waals surface area (Å²) in [5, 5.41) is 3.27. The summed E-state index contributed by atoms with van der Waals surface area (Å²) in [5.74, 6) is -0.123. The van der Waals surface area contributed by atoms with Gasteiger partial charge in [-0.1, -0.05) is 0 Å². The molecule has 1 aromatic rings. The third-order valence-corrected chi connectivity index (χ3v) is 3.71. The first-order chi connectivity index (χ1) is 8.15. The fourth-order valence-electron chi connectivity index (χ4n) is 2.72. The number of rotatable bonds is 4. The molecular formula is C14H21FN2. The molecule has 2 rings (SSSR count). The molecule has 2 atom stereocenters. The number of hydrogen-bond donors (Lipinski definition) is 1. The molecule has 0 bridgehead atoms. The quantitative estimate of drug-likeness (QED) is 0.864. The predicted octanol–water partition coefficient (Wildman–Crippen LogP) is 2.57. The van der Waals surface area contributed by atoms with E-state index >= 15 is 0 Å². The molecule has 1 heterocycles. The summed E-state index contributed by atoms with van der Waals surface area (Å²) in [6, 6.07) is 6.15. The maximum absolute atomic E-state index is 13.2. The smallest absolute Gasteiger partial charge is 0.123 e. The third kappa shape index (κ3) is 2.44. The summed E-state index contributed by atoms with van der Waals surface area (Å²) in [5.41, 5.74) is 2.36. The molecule has 0 aromatic heterocycles. The van der Waals surface area contributed by atoms with Gasteiger partial charge in [-0.3, -0.25) is 0 Å². The average Bonchev–Trinajstić information content (AvgIpc) is 2.64. The molecule has 1 aliphatic rings. The van der Waals surface area contributed by atoms with Crippen molar-refractivity contribution >= 4 is 5.69 Å². The van der Waals surface area contributed by atoms with Crippen LogP contribution in [0.5, 0.6) is 0 Å². The first-order valence-electron chi connectivity index (χ1n) is 6.38. The molecule has 0 fully saturated rings. The summed E-state index contributed by atoms with van der Waals surface area (Å²) < 4.78 is 13.2. The summed E-state index contributed by atoms with van der Waals surface area (Å²) in [6.07, 6.45) is 2.06. The third-order valence-electron chi connectivity index (χ3n) is 3.71. The monoisotopic (exact) mass is 236 g/mol. The highest BCUT2D eigenvalue weighted by Crippen LogP contribution is 2.34. The van der Waals surface area contributed by atoms with Crippen LogP contribution in [0.4, 0.5) is 10.1 Å². The van der Waals surface area contributed by atoms with Gasteiger partial charge in [0.2, 0.25) is 0 Å². The van der Waals surface area contributed by atoms with Crippen molar-refractivity contribution in [3.63, 3.8) is 0 Å². The van der Waals surface area contributed by atoms with Crippen molar-refractivity contribution in [2.24, 2.45) is 0 Å². The molecule has 0 saturated heterocycles. The van der Waals surface area contributed by atoms with Crippen molar-refractivity contribution in [2.75, 3.05) is 18.5 Å². The van der Waals surface area contributed by atoms with Crippen LogP contribution in [0, 0.1) is 5.82 Å². The Morgan fingerprint density at radius 2 is 2.29 bits per heavy atom. The number of fused-ring (bicyclic) bond motifs is 1. The van der Waals surface area contributed by atoms with Crippen molar-refractivity contribution in [1.29, 1.82) is 0 Å². The maximum Gasteiger partial charge on any atom is 0.123 e. The summed E-state index contributed by atoms with van der Waals surface area (Å²) in [7, 11) is 1.99. The first-order valence-corrected chi connectivity index (χ1v) is 6.38. The van der Waals surface area contributed by atoms with Gasteiger partial charge in [-0.2, -0.15) is 0 Å². The molecule has 0 saturated carbocycles. The van der Waals surface area contributed by atoms with Crippen LogP contribution >= 0.6 is 0 Å². The van der Waals surface area contributed by atoms with E-state index in [-0.39, 0.29) is 5.82 Å². The standard InChI is InChI=1S/C14H21FN2/c1-4-17-13(7-10(2)16-3)9-11-8-12(15)5-6-14(11)17/h5-6,8,10,13,16H,4,7,9H2,1-3H3. The van der Waals surface area contributed by atoms with Gasteiger partial charge in [0.05, 0.1) is 0 Å². The van der Waals surface area contributed by atoms with Crippen molar-refractivity contribution in [3.8, 4) is 0 Å². The van der Waals surface area contributed by atoms with Gasteiger partial charge in [0.25, 0.3) is 0 Å². The number of anilines is 1. The van der Waals surface area contributed by atoms with Gasteiger partial charge in [-0.15, -0.1) is 0 Å². The molecule has 2 unspecified atom stereocenters. The van der Waals surface area contributed by atoms with Crippen LogP contribution in [-0.4, -0.2) is 25.7 Å².